The molecular weight excluding hydrogens is 142 g/mol. The Balaban J connectivity index is 2.41. The lowest BCUT2D eigenvalue weighted by Crippen LogP contribution is -2.27. The lowest BCUT2D eigenvalue weighted by atomic mass is 10.1. The molecule has 1 unspecified atom stereocenters. The summed E-state index contributed by atoms with van der Waals surface area (Å²) in [4.78, 5) is 3.41. The zero-order valence-electron chi connectivity index (χ0n) is 6.76. The molecule has 0 aromatic carbocycles. The van der Waals surface area contributed by atoms with E-state index in [9.17, 15) is 0 Å². The van der Waals surface area contributed by atoms with E-state index in [-0.39, 0.29) is 0 Å². The van der Waals surface area contributed by atoms with E-state index in [0.29, 0.717) is 0 Å². The summed E-state index contributed by atoms with van der Waals surface area (Å²) >= 11 is 5.16. The molecular formula is C8H15NS. The molecule has 1 saturated heterocycles. The van der Waals surface area contributed by atoms with E-state index in [0.717, 1.165) is 17.5 Å². The van der Waals surface area contributed by atoms with Crippen molar-refractivity contribution in [2.75, 3.05) is 7.05 Å². The van der Waals surface area contributed by atoms with Gasteiger partial charge in [0.25, 0.3) is 0 Å². The van der Waals surface area contributed by atoms with Gasteiger partial charge in [0.15, 0.2) is 0 Å². The van der Waals surface area contributed by atoms with Gasteiger partial charge in [0.1, 0.15) is 0 Å². The summed E-state index contributed by atoms with van der Waals surface area (Å²) in [5, 5.41) is 0. The Morgan fingerprint density at radius 1 is 1.70 bits per heavy atom. The Hall–Kier alpha value is -0.110. The summed E-state index contributed by atoms with van der Waals surface area (Å²) in [6, 6.07) is 0.748. The number of rotatable bonds is 2. The highest BCUT2D eigenvalue weighted by Crippen LogP contribution is 2.21. The van der Waals surface area contributed by atoms with Crippen LogP contribution >= 0.6 is 12.2 Å². The molecule has 1 nitrogen and oxygen atoms in total. The Kier molecular flexibility index (Phi) is 2.66. The third-order valence-electron chi connectivity index (χ3n) is 2.25. The SMILES string of the molecule is CCCC1CCC(=S)N1C. The lowest BCUT2D eigenvalue weighted by Gasteiger charge is -2.20. The zero-order valence-corrected chi connectivity index (χ0v) is 7.58. The van der Waals surface area contributed by atoms with E-state index < -0.39 is 0 Å². The highest BCUT2D eigenvalue weighted by molar-refractivity contribution is 7.80. The molecule has 0 aliphatic carbocycles. The molecule has 10 heavy (non-hydrogen) atoms. The van der Waals surface area contributed by atoms with Crippen molar-refractivity contribution < 1.29 is 0 Å². The smallest absolute Gasteiger partial charge is 0.0779 e. The standard InChI is InChI=1S/C8H15NS/c1-3-4-7-5-6-8(10)9(7)2/h7H,3-6H2,1-2H3. The maximum atomic E-state index is 5.16. The number of hydrogen-bond donors (Lipinski definition) is 0. The Morgan fingerprint density at radius 3 is 2.80 bits per heavy atom. The molecule has 0 spiro atoms. The van der Waals surface area contributed by atoms with Crippen LogP contribution in [0.4, 0.5) is 0 Å². The molecule has 1 aliphatic rings. The molecule has 1 atom stereocenters. The molecule has 1 rings (SSSR count). The van der Waals surface area contributed by atoms with Gasteiger partial charge in [-0.2, -0.15) is 0 Å². The van der Waals surface area contributed by atoms with E-state index in [1.54, 1.807) is 0 Å². The normalized spacial score (nSPS) is 26.0. The molecule has 58 valence electrons. The van der Waals surface area contributed by atoms with Crippen molar-refractivity contribution in [2.24, 2.45) is 0 Å². The first-order chi connectivity index (χ1) is 4.75. The summed E-state index contributed by atoms with van der Waals surface area (Å²) in [7, 11) is 2.12. The van der Waals surface area contributed by atoms with Gasteiger partial charge in [-0.1, -0.05) is 25.6 Å². The van der Waals surface area contributed by atoms with Crippen LogP contribution in [-0.2, 0) is 0 Å². The van der Waals surface area contributed by atoms with Crippen LogP contribution in [0.1, 0.15) is 32.6 Å². The highest BCUT2D eigenvalue weighted by Gasteiger charge is 2.23. The maximum absolute atomic E-state index is 5.16. The summed E-state index contributed by atoms with van der Waals surface area (Å²) in [5.74, 6) is 0. The van der Waals surface area contributed by atoms with E-state index >= 15 is 0 Å². The Labute approximate surface area is 68.4 Å². The van der Waals surface area contributed by atoms with E-state index in [2.05, 4.69) is 18.9 Å². The van der Waals surface area contributed by atoms with Crippen LogP contribution in [0.25, 0.3) is 0 Å². The summed E-state index contributed by atoms with van der Waals surface area (Å²) in [6.45, 7) is 2.23. The Bertz CT molecular complexity index is 133. The molecule has 0 N–H and O–H groups in total. The molecule has 0 amide bonds. The molecule has 0 radical (unpaired) electrons. The number of hydrogen-bond acceptors (Lipinski definition) is 1. The first-order valence-corrected chi connectivity index (χ1v) is 4.42. The van der Waals surface area contributed by atoms with Gasteiger partial charge in [-0.3, -0.25) is 0 Å². The quantitative estimate of drug-likeness (QED) is 0.565. The van der Waals surface area contributed by atoms with Gasteiger partial charge < -0.3 is 4.90 Å². The van der Waals surface area contributed by atoms with Crippen molar-refractivity contribution in [1.29, 1.82) is 0 Å². The van der Waals surface area contributed by atoms with Gasteiger partial charge in [-0.25, -0.2) is 0 Å². The number of likely N-dealkylation sites (tertiary alicyclic amines) is 1. The summed E-state index contributed by atoms with van der Waals surface area (Å²) in [6.07, 6.45) is 4.99. The minimum absolute atomic E-state index is 0.748. The van der Waals surface area contributed by atoms with Crippen molar-refractivity contribution >= 4 is 17.2 Å². The van der Waals surface area contributed by atoms with Crippen LogP contribution in [0.2, 0.25) is 0 Å². The van der Waals surface area contributed by atoms with Crippen LogP contribution in [0.5, 0.6) is 0 Å². The minimum Gasteiger partial charge on any atom is -0.366 e. The monoisotopic (exact) mass is 157 g/mol. The van der Waals surface area contributed by atoms with E-state index in [4.69, 9.17) is 12.2 Å². The number of nitrogens with zero attached hydrogens (tertiary/aromatic N) is 1. The summed E-state index contributed by atoms with van der Waals surface area (Å²) in [5.41, 5.74) is 0. The maximum Gasteiger partial charge on any atom is 0.0779 e. The molecule has 0 aromatic rings. The van der Waals surface area contributed by atoms with Gasteiger partial charge in [-0.05, 0) is 19.3 Å². The van der Waals surface area contributed by atoms with Crippen LogP contribution in [0.15, 0.2) is 0 Å². The van der Waals surface area contributed by atoms with Gasteiger partial charge in [-0.15, -0.1) is 0 Å². The third kappa shape index (κ3) is 1.48. The van der Waals surface area contributed by atoms with Crippen LogP contribution in [-0.4, -0.2) is 23.0 Å². The van der Waals surface area contributed by atoms with E-state index in [1.165, 1.54) is 19.3 Å². The molecule has 1 aliphatic heterocycles. The largest absolute Gasteiger partial charge is 0.366 e. The zero-order chi connectivity index (χ0) is 7.56. The van der Waals surface area contributed by atoms with Crippen molar-refractivity contribution in [2.45, 2.75) is 38.6 Å². The van der Waals surface area contributed by atoms with Crippen molar-refractivity contribution in [3.05, 3.63) is 0 Å². The first kappa shape index (κ1) is 7.99. The molecule has 2 heteroatoms. The van der Waals surface area contributed by atoms with Gasteiger partial charge in [0, 0.05) is 13.1 Å². The van der Waals surface area contributed by atoms with Crippen molar-refractivity contribution in [1.82, 2.24) is 4.90 Å². The molecule has 0 aromatic heterocycles. The molecule has 0 saturated carbocycles. The fourth-order valence-electron chi connectivity index (χ4n) is 1.53. The van der Waals surface area contributed by atoms with Crippen LogP contribution < -0.4 is 0 Å². The predicted molar refractivity (Wildman–Crippen MR) is 48.3 cm³/mol. The third-order valence-corrected chi connectivity index (χ3v) is 2.75. The van der Waals surface area contributed by atoms with Gasteiger partial charge >= 0.3 is 0 Å². The molecule has 1 heterocycles. The molecule has 0 bridgehead atoms. The lowest BCUT2D eigenvalue weighted by molar-refractivity contribution is 0.372. The molecule has 1 fully saturated rings. The second-order valence-electron chi connectivity index (χ2n) is 2.99. The topological polar surface area (TPSA) is 3.24 Å². The fourth-order valence-corrected chi connectivity index (χ4v) is 1.80. The minimum atomic E-state index is 0.748. The van der Waals surface area contributed by atoms with Gasteiger partial charge in [0.2, 0.25) is 0 Å². The first-order valence-electron chi connectivity index (χ1n) is 4.01. The fraction of sp³-hybridized carbons (Fsp3) is 0.875. The Morgan fingerprint density at radius 2 is 2.40 bits per heavy atom. The highest BCUT2D eigenvalue weighted by atomic mass is 32.1. The van der Waals surface area contributed by atoms with Crippen molar-refractivity contribution in [3.63, 3.8) is 0 Å². The van der Waals surface area contributed by atoms with Gasteiger partial charge in [0.05, 0.1) is 4.99 Å². The second kappa shape index (κ2) is 3.33. The average molecular weight is 157 g/mol. The van der Waals surface area contributed by atoms with E-state index in [1.807, 2.05) is 0 Å². The summed E-state index contributed by atoms with van der Waals surface area (Å²) < 4.78 is 0. The average Bonchev–Trinajstić information content (AvgIpc) is 2.20. The number of thiocarbonyl (C=S) groups is 1. The van der Waals surface area contributed by atoms with Crippen molar-refractivity contribution in [3.8, 4) is 0 Å². The van der Waals surface area contributed by atoms with Crippen LogP contribution in [0.3, 0.4) is 0 Å². The second-order valence-corrected chi connectivity index (χ2v) is 3.46. The van der Waals surface area contributed by atoms with Crippen LogP contribution in [0, 0.1) is 0 Å². The predicted octanol–water partition coefficient (Wildman–Crippen LogP) is 2.21.